The number of sulfonamides is 1. The van der Waals surface area contributed by atoms with Crippen LogP contribution in [0.3, 0.4) is 0 Å². The van der Waals surface area contributed by atoms with Gasteiger partial charge in [-0.2, -0.15) is 12.8 Å². The fraction of sp³-hybridized carbons (Fsp3) is 0.0833. The number of rotatable bonds is 5. The zero-order valence-electron chi connectivity index (χ0n) is 17.9. The van der Waals surface area contributed by atoms with Crippen LogP contribution in [0, 0.1) is 0 Å². The van der Waals surface area contributed by atoms with Gasteiger partial charge in [-0.05, 0) is 42.0 Å². The van der Waals surface area contributed by atoms with E-state index in [2.05, 4.69) is 9.38 Å². The van der Waals surface area contributed by atoms with Gasteiger partial charge in [0.2, 0.25) is 12.6 Å². The lowest BCUT2D eigenvalue weighted by Crippen LogP contribution is -2.39. The molecule has 0 aliphatic carbocycles. The second kappa shape index (κ2) is 10.8. The van der Waals surface area contributed by atoms with Gasteiger partial charge in [0.15, 0.2) is 0 Å². The zero-order valence-corrected chi connectivity index (χ0v) is 21.0. The van der Waals surface area contributed by atoms with Crippen molar-refractivity contribution in [1.29, 1.82) is 0 Å². The number of aromatic nitrogens is 2. The van der Waals surface area contributed by atoms with Gasteiger partial charge in [-0.15, -0.1) is 0 Å². The van der Waals surface area contributed by atoms with Gasteiger partial charge in [-0.1, -0.05) is 65.1 Å². The van der Waals surface area contributed by atoms with Crippen LogP contribution in [0.25, 0.3) is 0 Å². The van der Waals surface area contributed by atoms with Crippen LogP contribution in [0.15, 0.2) is 94.7 Å². The minimum absolute atomic E-state index is 0.00926. The van der Waals surface area contributed by atoms with Gasteiger partial charge < -0.3 is 9.84 Å². The van der Waals surface area contributed by atoms with E-state index in [4.69, 9.17) is 39.5 Å². The van der Waals surface area contributed by atoms with E-state index >= 15 is 0 Å². The third kappa shape index (κ3) is 6.04. The molecule has 4 aromatic rings. The summed E-state index contributed by atoms with van der Waals surface area (Å²) in [5, 5.41) is 12.8. The lowest BCUT2D eigenvalue weighted by Gasteiger charge is -2.17. The molecule has 35 heavy (non-hydrogen) atoms. The maximum atomic E-state index is 11.1. The van der Waals surface area contributed by atoms with Gasteiger partial charge in [-0.25, -0.2) is 4.57 Å². The summed E-state index contributed by atoms with van der Waals surface area (Å²) in [6.07, 6.45) is 5.17. The molecule has 0 spiro atoms. The Labute approximate surface area is 217 Å². The summed E-state index contributed by atoms with van der Waals surface area (Å²) in [7, 11) is -3.68. The van der Waals surface area contributed by atoms with Crippen molar-refractivity contribution in [2.45, 2.75) is 17.7 Å². The van der Waals surface area contributed by atoms with Crippen molar-refractivity contribution < 1.29 is 22.8 Å². The second-order valence-corrected chi connectivity index (χ2v) is 10.2. The third-order valence-electron chi connectivity index (χ3n) is 4.99. The molecule has 3 aromatic carbocycles. The Morgan fingerprint density at radius 1 is 1.00 bits per heavy atom. The van der Waals surface area contributed by atoms with E-state index < -0.39 is 15.9 Å². The number of fused-ring (bicyclic) bond motifs is 1. The normalized spacial score (nSPS) is 14.4. The largest absolute Gasteiger partial charge is 0.858 e. The zero-order chi connectivity index (χ0) is 25.0. The van der Waals surface area contributed by atoms with Crippen LogP contribution in [0.2, 0.25) is 15.1 Å². The molecular weight excluding hydrogens is 533 g/mol. The van der Waals surface area contributed by atoms with Crippen molar-refractivity contribution in [3.63, 3.8) is 0 Å². The number of halogens is 3. The highest BCUT2D eigenvalue weighted by molar-refractivity contribution is 7.90. The summed E-state index contributed by atoms with van der Waals surface area (Å²) < 4.78 is 33.2. The van der Waals surface area contributed by atoms with Gasteiger partial charge in [0.1, 0.15) is 12.4 Å². The number of imidazole rings is 1. The molecule has 1 unspecified atom stereocenters. The lowest BCUT2D eigenvalue weighted by atomic mass is 10.2. The summed E-state index contributed by atoms with van der Waals surface area (Å²) in [6.45, 7) is 0.430. The Morgan fingerprint density at radius 2 is 1.71 bits per heavy atom. The molecule has 1 aliphatic heterocycles. The molecule has 11 heteroatoms. The van der Waals surface area contributed by atoms with Crippen molar-refractivity contribution in [3.05, 3.63) is 117 Å². The first kappa shape index (κ1) is 25.2. The van der Waals surface area contributed by atoms with Crippen molar-refractivity contribution in [2.75, 3.05) is 0 Å². The lowest BCUT2D eigenvalue weighted by molar-refractivity contribution is -0.752. The second-order valence-electron chi connectivity index (χ2n) is 7.38. The van der Waals surface area contributed by atoms with Crippen molar-refractivity contribution in [1.82, 2.24) is 4.98 Å². The summed E-state index contributed by atoms with van der Waals surface area (Å²) in [5.41, 5.74) is 2.03. The van der Waals surface area contributed by atoms with Crippen LogP contribution in [0.5, 0.6) is 0 Å². The molecule has 0 radical (unpaired) electrons. The highest BCUT2D eigenvalue weighted by Crippen LogP contribution is 2.28. The summed E-state index contributed by atoms with van der Waals surface area (Å²) >= 11 is 18.2. The maximum absolute atomic E-state index is 11.1. The van der Waals surface area contributed by atoms with E-state index in [9.17, 15) is 13.5 Å². The predicted molar refractivity (Wildman–Crippen MR) is 132 cm³/mol. The molecule has 1 atom stereocenters. The number of nitrogens with one attached hydrogen (secondary N) is 1. The highest BCUT2D eigenvalue weighted by atomic mass is 35.5. The van der Waals surface area contributed by atoms with Gasteiger partial charge >= 0.3 is 0 Å². The van der Waals surface area contributed by atoms with E-state index in [0.717, 1.165) is 11.1 Å². The van der Waals surface area contributed by atoms with Crippen LogP contribution >= 0.6 is 34.8 Å². The summed E-state index contributed by atoms with van der Waals surface area (Å²) in [4.78, 5) is 3.02. The van der Waals surface area contributed by atoms with E-state index in [1.165, 1.54) is 12.1 Å². The van der Waals surface area contributed by atoms with Gasteiger partial charge in [-0.3, -0.25) is 4.98 Å². The van der Waals surface area contributed by atoms with Gasteiger partial charge in [0.05, 0.1) is 16.5 Å². The Morgan fingerprint density at radius 3 is 2.37 bits per heavy atom. The molecular formula is C24H18Cl3N3O4S. The number of H-pyrrole nitrogens is 1. The maximum Gasteiger partial charge on any atom is 0.282 e. The van der Waals surface area contributed by atoms with Crippen LogP contribution in [-0.2, 0) is 21.4 Å². The summed E-state index contributed by atoms with van der Waals surface area (Å²) in [6, 6.07) is 18.9. The van der Waals surface area contributed by atoms with Crippen LogP contribution in [0.4, 0.5) is 0 Å². The molecule has 0 saturated carbocycles. The fourth-order valence-electron chi connectivity index (χ4n) is 3.32. The Kier molecular flexibility index (Phi) is 7.78. The van der Waals surface area contributed by atoms with Gasteiger partial charge in [0.25, 0.3) is 10.0 Å². The van der Waals surface area contributed by atoms with E-state index in [1.807, 2.05) is 53.6 Å². The molecule has 1 aromatic heterocycles. The minimum Gasteiger partial charge on any atom is -0.858 e. The molecule has 0 fully saturated rings. The monoisotopic (exact) mass is 549 g/mol. The highest BCUT2D eigenvalue weighted by Gasteiger charge is 2.23. The van der Waals surface area contributed by atoms with Crippen LogP contribution < -0.4 is 9.67 Å². The molecule has 1 aliphatic rings. The minimum atomic E-state index is -3.68. The third-order valence-corrected chi connectivity index (χ3v) is 7.12. The molecule has 1 N–H and O–H groups in total. The Bertz CT molecular complexity index is 1460. The average molecular weight is 551 g/mol. The van der Waals surface area contributed by atoms with Crippen LogP contribution in [0.1, 0.15) is 22.9 Å². The van der Waals surface area contributed by atoms with Gasteiger partial charge in [0, 0.05) is 27.1 Å². The molecule has 5 rings (SSSR count). The first-order chi connectivity index (χ1) is 16.7. The van der Waals surface area contributed by atoms with Crippen molar-refractivity contribution in [2.24, 2.45) is 4.40 Å². The number of nitrogens with zero attached hydrogens (tertiary/aromatic N) is 2. The number of aromatic amines is 1. The molecule has 2 heterocycles. The molecule has 180 valence electrons. The summed E-state index contributed by atoms with van der Waals surface area (Å²) in [5.74, 6) is -0.675. The molecule has 7 nitrogen and oxygen atoms in total. The Hall–Kier alpha value is -2.88. The first-order valence-electron chi connectivity index (χ1n) is 10.2. The number of hydrogen-bond acceptors (Lipinski definition) is 4. The standard InChI is InChI=1S/C17H13Cl3N2O.C7H5NO3S/c18-13-3-1-12(2-4-13)10-23-17(22-8-7-21-11-22)15-6-5-14(19)9-16(15)20;9-7-5-3-1-2-4-6(5)12(10,11)8-7/h1-9,11,17H,10H2;1-4H,(H,8,9). The molecule has 0 saturated heterocycles. The molecule has 0 bridgehead atoms. The predicted octanol–water partition coefficient (Wildman–Crippen LogP) is 4.52. The number of hydrogen-bond donors (Lipinski definition) is 1. The van der Waals surface area contributed by atoms with E-state index in [-0.39, 0.29) is 16.7 Å². The topological polar surface area (TPSA) is 98.5 Å². The first-order valence-corrected chi connectivity index (χ1v) is 12.8. The number of benzene rings is 3. The number of ether oxygens (including phenoxy) is 1. The van der Waals surface area contributed by atoms with E-state index in [0.29, 0.717) is 21.7 Å². The van der Waals surface area contributed by atoms with E-state index in [1.54, 1.807) is 24.3 Å². The van der Waals surface area contributed by atoms with Crippen molar-refractivity contribution in [3.8, 4) is 0 Å². The smallest absolute Gasteiger partial charge is 0.282 e. The average Bonchev–Trinajstić information content (AvgIpc) is 3.44. The fourth-order valence-corrected chi connectivity index (χ4v) is 5.04. The molecule has 0 amide bonds. The van der Waals surface area contributed by atoms with Crippen LogP contribution in [-0.4, -0.2) is 19.3 Å². The Balaban J connectivity index is 0.000000201. The quantitative estimate of drug-likeness (QED) is 0.369. The SMILES string of the molecule is Clc1ccc(COC(c2ccc(Cl)cc2Cl)[n+]2cc[nH]c2)cc1.O=S1(=O)N=C([O-])c2ccccc21. The van der Waals surface area contributed by atoms with Crippen molar-refractivity contribution >= 4 is 50.7 Å².